The number of unbranched alkanes of at least 4 members (excludes halogenated alkanes) is 1. The van der Waals surface area contributed by atoms with Crippen molar-refractivity contribution in [2.24, 2.45) is 0 Å². The molecule has 2 aromatic rings. The molecule has 0 radical (unpaired) electrons. The van der Waals surface area contributed by atoms with Crippen LogP contribution in [-0.2, 0) is 6.42 Å². The monoisotopic (exact) mass is 304 g/mol. The van der Waals surface area contributed by atoms with Crippen molar-refractivity contribution in [2.75, 3.05) is 5.32 Å². The average molecular weight is 305 g/mol. The molecule has 1 amide bonds. The van der Waals surface area contributed by atoms with Crippen LogP contribution >= 0.6 is 11.6 Å². The van der Waals surface area contributed by atoms with E-state index in [-0.39, 0.29) is 16.7 Å². The van der Waals surface area contributed by atoms with Gasteiger partial charge in [-0.05, 0) is 43.2 Å². The summed E-state index contributed by atoms with van der Waals surface area (Å²) in [4.78, 5) is 16.4. The molecule has 2 N–H and O–H groups in total. The van der Waals surface area contributed by atoms with E-state index in [0.717, 1.165) is 25.0 Å². The number of aromatic nitrogens is 1. The van der Waals surface area contributed by atoms with Crippen molar-refractivity contribution in [1.29, 1.82) is 0 Å². The lowest BCUT2D eigenvalue weighted by Gasteiger charge is -2.07. The molecule has 0 saturated carbocycles. The van der Waals surface area contributed by atoms with E-state index in [2.05, 4.69) is 17.2 Å². The summed E-state index contributed by atoms with van der Waals surface area (Å²) in [5.74, 6) is -0.239. The van der Waals surface area contributed by atoms with Gasteiger partial charge in [0.2, 0.25) is 0 Å². The van der Waals surface area contributed by atoms with Crippen LogP contribution in [0.5, 0.6) is 5.75 Å². The SMILES string of the molecule is CCCCc1cc(C(=O)Nc2ccc(O)c(Cl)c2)ccn1. The molecule has 0 fully saturated rings. The van der Waals surface area contributed by atoms with Gasteiger partial charge < -0.3 is 10.4 Å². The van der Waals surface area contributed by atoms with Gasteiger partial charge in [0.05, 0.1) is 5.02 Å². The Hall–Kier alpha value is -2.07. The molecule has 0 aliphatic heterocycles. The van der Waals surface area contributed by atoms with Crippen molar-refractivity contribution in [1.82, 2.24) is 4.98 Å². The first-order valence-corrected chi connectivity index (χ1v) is 7.22. The maximum absolute atomic E-state index is 12.2. The predicted molar refractivity (Wildman–Crippen MR) is 83.9 cm³/mol. The third kappa shape index (κ3) is 4.20. The second-order valence-electron chi connectivity index (χ2n) is 4.76. The number of nitrogens with zero attached hydrogens (tertiary/aromatic N) is 1. The molecule has 0 aliphatic carbocycles. The maximum atomic E-state index is 12.2. The molecule has 0 aliphatic rings. The molecule has 110 valence electrons. The van der Waals surface area contributed by atoms with Gasteiger partial charge in [-0.1, -0.05) is 24.9 Å². The molecule has 0 bridgehead atoms. The quantitative estimate of drug-likeness (QED) is 0.820. The van der Waals surface area contributed by atoms with E-state index in [4.69, 9.17) is 11.6 Å². The van der Waals surface area contributed by atoms with Gasteiger partial charge in [-0.2, -0.15) is 0 Å². The molecule has 0 atom stereocenters. The van der Waals surface area contributed by atoms with Crippen LogP contribution in [0.1, 0.15) is 35.8 Å². The lowest BCUT2D eigenvalue weighted by Crippen LogP contribution is -2.12. The van der Waals surface area contributed by atoms with Crippen LogP contribution in [0.2, 0.25) is 5.02 Å². The van der Waals surface area contributed by atoms with Crippen LogP contribution in [0.15, 0.2) is 36.5 Å². The standard InChI is InChI=1S/C16H17ClN2O2/c1-2-3-4-12-9-11(7-8-18-12)16(21)19-13-5-6-15(20)14(17)10-13/h5-10,20H,2-4H2,1H3,(H,19,21). The Morgan fingerprint density at radius 1 is 1.33 bits per heavy atom. The van der Waals surface area contributed by atoms with E-state index < -0.39 is 0 Å². The van der Waals surface area contributed by atoms with Gasteiger partial charge in [-0.3, -0.25) is 9.78 Å². The average Bonchev–Trinajstić information content (AvgIpc) is 2.49. The van der Waals surface area contributed by atoms with Gasteiger partial charge in [-0.15, -0.1) is 0 Å². The topological polar surface area (TPSA) is 62.2 Å². The second kappa shape index (κ2) is 7.09. The third-order valence-electron chi connectivity index (χ3n) is 3.07. The number of phenolic OH excluding ortho intramolecular Hbond substituents is 1. The van der Waals surface area contributed by atoms with Crippen molar-refractivity contribution in [3.8, 4) is 5.75 Å². The zero-order valence-electron chi connectivity index (χ0n) is 11.8. The second-order valence-corrected chi connectivity index (χ2v) is 5.17. The van der Waals surface area contributed by atoms with Crippen molar-refractivity contribution < 1.29 is 9.90 Å². The number of nitrogens with one attached hydrogen (secondary N) is 1. The highest BCUT2D eigenvalue weighted by Gasteiger charge is 2.08. The van der Waals surface area contributed by atoms with Crippen LogP contribution in [-0.4, -0.2) is 16.0 Å². The number of halogens is 1. The zero-order valence-corrected chi connectivity index (χ0v) is 12.5. The number of amides is 1. The number of phenols is 1. The molecule has 0 unspecified atom stereocenters. The summed E-state index contributed by atoms with van der Waals surface area (Å²) < 4.78 is 0. The maximum Gasteiger partial charge on any atom is 0.255 e. The Kier molecular flexibility index (Phi) is 5.17. The zero-order chi connectivity index (χ0) is 15.2. The molecular formula is C16H17ClN2O2. The van der Waals surface area contributed by atoms with Crippen molar-refractivity contribution in [2.45, 2.75) is 26.2 Å². The molecule has 1 aromatic heterocycles. The lowest BCUT2D eigenvalue weighted by molar-refractivity contribution is 0.102. The Labute approximate surface area is 128 Å². The summed E-state index contributed by atoms with van der Waals surface area (Å²) in [6, 6.07) is 8.02. The molecule has 0 saturated heterocycles. The highest BCUT2D eigenvalue weighted by Crippen LogP contribution is 2.26. The number of anilines is 1. The predicted octanol–water partition coefficient (Wildman–Crippen LogP) is 4.04. The smallest absolute Gasteiger partial charge is 0.255 e. The third-order valence-corrected chi connectivity index (χ3v) is 3.37. The van der Waals surface area contributed by atoms with Gasteiger partial charge >= 0.3 is 0 Å². The van der Waals surface area contributed by atoms with E-state index in [1.54, 1.807) is 24.4 Å². The van der Waals surface area contributed by atoms with Crippen LogP contribution in [0.3, 0.4) is 0 Å². The van der Waals surface area contributed by atoms with Gasteiger partial charge in [-0.25, -0.2) is 0 Å². The van der Waals surface area contributed by atoms with Crippen molar-refractivity contribution >= 4 is 23.2 Å². The number of carbonyl (C=O) groups excluding carboxylic acids is 1. The van der Waals surface area contributed by atoms with Crippen molar-refractivity contribution in [3.63, 3.8) is 0 Å². The van der Waals surface area contributed by atoms with Gasteiger partial charge in [0.25, 0.3) is 5.91 Å². The summed E-state index contributed by atoms with van der Waals surface area (Å²) >= 11 is 5.81. The van der Waals surface area contributed by atoms with E-state index in [1.165, 1.54) is 12.1 Å². The number of pyridine rings is 1. The van der Waals surface area contributed by atoms with Crippen molar-refractivity contribution in [3.05, 3.63) is 52.8 Å². The lowest BCUT2D eigenvalue weighted by atomic mass is 10.1. The molecule has 1 aromatic carbocycles. The highest BCUT2D eigenvalue weighted by atomic mass is 35.5. The summed E-state index contributed by atoms with van der Waals surface area (Å²) in [7, 11) is 0. The fourth-order valence-corrected chi connectivity index (χ4v) is 2.08. The van der Waals surface area contributed by atoms with Crippen LogP contribution in [0.4, 0.5) is 5.69 Å². The molecule has 21 heavy (non-hydrogen) atoms. The first kappa shape index (κ1) is 15.3. The fraction of sp³-hybridized carbons (Fsp3) is 0.250. The minimum Gasteiger partial charge on any atom is -0.506 e. The Balaban J connectivity index is 2.10. The molecule has 1 heterocycles. The Bertz CT molecular complexity index is 644. The molecular weight excluding hydrogens is 288 g/mol. The number of aromatic hydroxyl groups is 1. The summed E-state index contributed by atoms with van der Waals surface area (Å²) in [6.07, 6.45) is 4.64. The van der Waals surface area contributed by atoms with Crippen LogP contribution in [0.25, 0.3) is 0 Å². The highest BCUT2D eigenvalue weighted by molar-refractivity contribution is 6.32. The molecule has 5 heteroatoms. The Morgan fingerprint density at radius 2 is 2.14 bits per heavy atom. The van der Waals surface area contributed by atoms with Gasteiger partial charge in [0.1, 0.15) is 5.75 Å². The number of hydrogen-bond donors (Lipinski definition) is 2. The number of hydrogen-bond acceptors (Lipinski definition) is 3. The first-order valence-electron chi connectivity index (χ1n) is 6.85. The van der Waals surface area contributed by atoms with Gasteiger partial charge in [0, 0.05) is 23.1 Å². The molecule has 4 nitrogen and oxygen atoms in total. The summed E-state index contributed by atoms with van der Waals surface area (Å²) in [5, 5.41) is 12.3. The normalized spacial score (nSPS) is 10.4. The summed E-state index contributed by atoms with van der Waals surface area (Å²) in [6.45, 7) is 2.12. The van der Waals surface area contributed by atoms with E-state index in [9.17, 15) is 9.90 Å². The van der Waals surface area contributed by atoms with Crippen LogP contribution in [0, 0.1) is 0 Å². The molecule has 0 spiro atoms. The fourth-order valence-electron chi connectivity index (χ4n) is 1.90. The Morgan fingerprint density at radius 3 is 2.86 bits per heavy atom. The van der Waals surface area contributed by atoms with Gasteiger partial charge in [0.15, 0.2) is 0 Å². The number of carbonyl (C=O) groups is 1. The minimum absolute atomic E-state index is 0.0135. The minimum atomic E-state index is -0.225. The van der Waals surface area contributed by atoms with E-state index in [1.807, 2.05) is 0 Å². The van der Waals surface area contributed by atoms with E-state index in [0.29, 0.717) is 11.3 Å². The molecule has 2 rings (SSSR count). The number of benzene rings is 1. The number of rotatable bonds is 5. The largest absolute Gasteiger partial charge is 0.506 e. The summed E-state index contributed by atoms with van der Waals surface area (Å²) in [5.41, 5.74) is 2.00. The van der Waals surface area contributed by atoms with E-state index >= 15 is 0 Å². The first-order chi connectivity index (χ1) is 10.1. The number of aryl methyl sites for hydroxylation is 1. The van der Waals surface area contributed by atoms with Crippen LogP contribution < -0.4 is 5.32 Å².